The molecule has 33 heteroatoms. The minimum absolute atomic E-state index is 0.204. The second kappa shape index (κ2) is 26.0. The van der Waals surface area contributed by atoms with Crippen molar-refractivity contribution < 1.29 is 158 Å². The maximum absolute atomic E-state index is 14.7. The quantitative estimate of drug-likeness (QED) is 0.0210. The summed E-state index contributed by atoms with van der Waals surface area (Å²) in [6, 6.07) is 6.62. The maximum atomic E-state index is 14.7. The number of rotatable bonds is 18. The fourth-order valence-electron chi connectivity index (χ4n) is 9.31. The van der Waals surface area contributed by atoms with Crippen molar-refractivity contribution in [2.45, 2.75) is 110 Å². The Balaban J connectivity index is 1.07. The van der Waals surface area contributed by atoms with Crippen LogP contribution in [0.25, 0.3) is 28.4 Å². The molecule has 2 fully saturated rings. The van der Waals surface area contributed by atoms with Gasteiger partial charge in [0.15, 0.2) is 58.8 Å². The fraction of sp³-hybridized carbons (Fsp3) is 0.382. The van der Waals surface area contributed by atoms with Crippen LogP contribution in [0.5, 0.6) is 46.0 Å². The highest BCUT2D eigenvalue weighted by atomic mass is 16.8. The van der Waals surface area contributed by atoms with Crippen molar-refractivity contribution in [1.29, 1.82) is 0 Å². The molecule has 0 bridgehead atoms. The average Bonchev–Trinajstić information content (AvgIpc) is 1.25. The summed E-state index contributed by atoms with van der Waals surface area (Å²) in [4.78, 5) is 27.6. The van der Waals surface area contributed by atoms with Crippen LogP contribution in [0.15, 0.2) is 118 Å². The number of fused-ring (bicyclic) bond motifs is 1. The van der Waals surface area contributed by atoms with Gasteiger partial charge >= 0.3 is 17.9 Å². The first-order valence-electron chi connectivity index (χ1n) is 26.1. The van der Waals surface area contributed by atoms with Crippen molar-refractivity contribution >= 4 is 23.0 Å². The number of aromatic hydroxyl groups is 6. The third kappa shape index (κ3) is 12.6. The van der Waals surface area contributed by atoms with Gasteiger partial charge in [0.2, 0.25) is 41.0 Å². The molecule has 0 saturated carbocycles. The van der Waals surface area contributed by atoms with Gasteiger partial charge in [0, 0.05) is 23.8 Å². The van der Waals surface area contributed by atoms with Crippen LogP contribution < -0.4 is 14.9 Å². The first-order chi connectivity index (χ1) is 41.7. The maximum Gasteiger partial charge on any atom is 0.330 e. The number of phenolic OH excluding ortho intramolecular Hbond substituents is 6. The molecule has 5 aliphatic rings. The van der Waals surface area contributed by atoms with E-state index in [0.717, 1.165) is 54.6 Å². The van der Waals surface area contributed by atoms with Crippen molar-refractivity contribution in [1.82, 2.24) is 0 Å². The lowest BCUT2D eigenvalue weighted by Gasteiger charge is -2.42. The van der Waals surface area contributed by atoms with Crippen LogP contribution in [0.2, 0.25) is 0 Å². The van der Waals surface area contributed by atoms with E-state index in [2.05, 4.69) is 13.2 Å². The van der Waals surface area contributed by atoms with Gasteiger partial charge in [-0.3, -0.25) is 4.79 Å². The minimum atomic E-state index is -2.42. The molecule has 476 valence electrons. The van der Waals surface area contributed by atoms with Crippen LogP contribution in [0.4, 0.5) is 0 Å². The first kappa shape index (κ1) is 63.9. The zero-order chi connectivity index (χ0) is 63.9. The molecule has 6 heterocycles. The third-order valence-corrected chi connectivity index (χ3v) is 14.1. The van der Waals surface area contributed by atoms with Gasteiger partial charge in [0.1, 0.15) is 108 Å². The SMILES string of the molecule is C=CC1O[C@@H](O[C@@H]2CO[C@@H](Oc3c(O)cc(-c4oc5cc(O)cc(O)c5c(=O)c4OC4=C(OC5=C(O[C@@H]6OC(CO)[C@@H](O)C(O)C6O)C(O)[C@H](O)C(COC(=O)/C=C/c6ccc(O)c(O)c6)O5)C(O)[C@@H](O)C(C=C)O4)cc3O)C(O)C2O)C(O)C(O)=C1O. The summed E-state index contributed by atoms with van der Waals surface area (Å²) in [5.74, 6) is -14.9. The molecule has 4 aromatic rings. The zero-order valence-corrected chi connectivity index (χ0v) is 45.0. The van der Waals surface area contributed by atoms with Gasteiger partial charge in [-0.05, 0) is 42.0 Å². The second-order valence-corrected chi connectivity index (χ2v) is 20.0. The summed E-state index contributed by atoms with van der Waals surface area (Å²) in [6.07, 6.45) is -31.4. The summed E-state index contributed by atoms with van der Waals surface area (Å²) in [5, 5.41) is 204. The van der Waals surface area contributed by atoms with Crippen molar-refractivity contribution in [3.63, 3.8) is 0 Å². The molecule has 1 aromatic heterocycles. The molecule has 88 heavy (non-hydrogen) atoms. The van der Waals surface area contributed by atoms with Gasteiger partial charge in [-0.2, -0.15) is 0 Å². The number of ether oxygens (including phenoxy) is 11. The average molecular weight is 1250 g/mol. The lowest BCUT2D eigenvalue weighted by Crippen LogP contribution is -2.59. The van der Waals surface area contributed by atoms with Gasteiger partial charge in [-0.1, -0.05) is 18.7 Å². The number of hydrogen-bond acceptors (Lipinski definition) is 33. The van der Waals surface area contributed by atoms with E-state index < -0.39 is 245 Å². The summed E-state index contributed by atoms with van der Waals surface area (Å²) < 4.78 is 67.8. The molecule has 0 aliphatic carbocycles. The van der Waals surface area contributed by atoms with Gasteiger partial charge < -0.3 is 154 Å². The van der Waals surface area contributed by atoms with E-state index in [1.807, 2.05) is 0 Å². The standard InChI is InChI=1S/C55H58O33/c1-3-25-33(64)39(70)44(75)52(80-25)83-30-16-78-51(43(74)37(30)68)85-47-23(61)10-18(11-24(47)62)46-48(38(69)32-22(60)12-19(57)13-27(32)79-46)86-54-50(41(72)34(65)26(4-2)81-54)88-55-49(87-53-45(76)40(71)35(66)28(14-56)82-53)42(73)36(67)29(84-55)15-77-31(63)8-6-17-5-7-20(58)21(59)9-17/h3-13,25-26,28-30,34-37,40-45,51-53,56-62,64-68,70-76H,1-2,14-16H2/b8-6+/t25?,26?,28?,29?,30-,34+,35-,36-,37?,40?,41?,42?,43?,44?,45?,51+,52+,53+/m1/s1. The Morgan fingerprint density at radius 3 is 1.97 bits per heavy atom. The highest BCUT2D eigenvalue weighted by Crippen LogP contribution is 2.46. The van der Waals surface area contributed by atoms with Gasteiger partial charge in [-0.15, -0.1) is 6.58 Å². The molecular formula is C55H58O33. The lowest BCUT2D eigenvalue weighted by atomic mass is 9.99. The summed E-state index contributed by atoms with van der Waals surface area (Å²) in [6.45, 7) is 4.37. The van der Waals surface area contributed by atoms with Crippen LogP contribution in [0, 0.1) is 0 Å². The van der Waals surface area contributed by atoms with Crippen molar-refractivity contribution in [2.75, 3.05) is 19.8 Å². The number of aliphatic hydroxyl groups is 13. The van der Waals surface area contributed by atoms with Crippen LogP contribution in [0.3, 0.4) is 0 Å². The van der Waals surface area contributed by atoms with Crippen LogP contribution >= 0.6 is 0 Å². The largest absolute Gasteiger partial charge is 0.508 e. The number of hydrogen-bond donors (Lipinski definition) is 19. The molecule has 9 rings (SSSR count). The van der Waals surface area contributed by atoms with E-state index in [9.17, 15) is 107 Å². The van der Waals surface area contributed by atoms with Gasteiger partial charge in [-0.25, -0.2) is 4.79 Å². The molecule has 11 unspecified atom stereocenters. The smallest absolute Gasteiger partial charge is 0.330 e. The molecule has 2 saturated heterocycles. The number of carbonyl (C=O) groups is 1. The Morgan fingerprint density at radius 2 is 1.30 bits per heavy atom. The Labute approximate surface area is 492 Å². The first-order valence-corrected chi connectivity index (χ1v) is 26.1. The van der Waals surface area contributed by atoms with E-state index in [1.165, 1.54) is 6.07 Å². The predicted molar refractivity (Wildman–Crippen MR) is 283 cm³/mol. The summed E-state index contributed by atoms with van der Waals surface area (Å²) in [7, 11) is 0. The Morgan fingerprint density at radius 1 is 0.614 bits per heavy atom. The molecule has 0 radical (unpaired) electrons. The van der Waals surface area contributed by atoms with Crippen LogP contribution in [-0.4, -0.2) is 233 Å². The van der Waals surface area contributed by atoms with E-state index >= 15 is 0 Å². The van der Waals surface area contributed by atoms with Crippen molar-refractivity contribution in [3.05, 3.63) is 125 Å². The highest BCUT2D eigenvalue weighted by molar-refractivity contribution is 5.89. The molecule has 0 amide bonds. The molecule has 0 spiro atoms. The molecular weight excluding hydrogens is 1190 g/mol. The molecule has 19 N–H and O–H groups in total. The molecule has 33 nitrogen and oxygen atoms in total. The Kier molecular flexibility index (Phi) is 18.9. The predicted octanol–water partition coefficient (Wildman–Crippen LogP) is -2.63. The van der Waals surface area contributed by atoms with Crippen molar-refractivity contribution in [3.8, 4) is 57.3 Å². The summed E-state index contributed by atoms with van der Waals surface area (Å²) in [5.41, 5.74) is -2.30. The number of carbonyl (C=O) groups excluding carboxylic acids is 1. The van der Waals surface area contributed by atoms with Crippen molar-refractivity contribution in [2.24, 2.45) is 0 Å². The van der Waals surface area contributed by atoms with E-state index in [1.54, 1.807) is 0 Å². The third-order valence-electron chi connectivity index (χ3n) is 14.1. The lowest BCUT2D eigenvalue weighted by molar-refractivity contribution is -0.300. The van der Waals surface area contributed by atoms with Crippen LogP contribution in [-0.2, 0) is 47.4 Å². The topological polar surface area (TPSA) is 533 Å². The number of phenols is 6. The zero-order valence-electron chi connectivity index (χ0n) is 45.0. The fourth-order valence-corrected chi connectivity index (χ4v) is 9.31. The van der Waals surface area contributed by atoms with E-state index in [4.69, 9.17) is 56.5 Å². The molecule has 3 aromatic carbocycles. The van der Waals surface area contributed by atoms with Gasteiger partial charge in [0.25, 0.3) is 0 Å². The number of benzene rings is 3. The number of aliphatic hydroxyl groups excluding tert-OH is 13. The monoisotopic (exact) mass is 1250 g/mol. The second-order valence-electron chi connectivity index (χ2n) is 20.0. The minimum Gasteiger partial charge on any atom is -0.508 e. The van der Waals surface area contributed by atoms with Crippen LogP contribution in [0.1, 0.15) is 5.56 Å². The summed E-state index contributed by atoms with van der Waals surface area (Å²) >= 11 is 0. The highest BCUT2D eigenvalue weighted by Gasteiger charge is 2.51. The Bertz CT molecular complexity index is 3460. The molecule has 18 atom stereocenters. The Hall–Kier alpha value is -8.62. The molecule has 5 aliphatic heterocycles. The normalized spacial score (nSPS) is 31.9. The van der Waals surface area contributed by atoms with Gasteiger partial charge in [0.05, 0.1) is 13.2 Å². The van der Waals surface area contributed by atoms with E-state index in [0.29, 0.717) is 6.07 Å². The number of esters is 1. The van der Waals surface area contributed by atoms with E-state index in [-0.39, 0.29) is 5.56 Å².